The Kier molecular flexibility index (Phi) is 3.84. The Morgan fingerprint density at radius 1 is 1.43 bits per heavy atom. The fourth-order valence-corrected chi connectivity index (χ4v) is 3.69. The fraction of sp³-hybridized carbons (Fsp3) is 0.250. The third kappa shape index (κ3) is 2.49. The molecule has 0 bridgehead atoms. The first-order valence-electron chi connectivity index (χ1n) is 7.00. The van der Waals surface area contributed by atoms with Crippen LogP contribution in [0, 0.1) is 0 Å². The Morgan fingerprint density at radius 2 is 2.29 bits per heavy atom. The number of fused-ring (bicyclic) bond motifs is 2. The largest absolute Gasteiger partial charge is 0.398 e. The van der Waals surface area contributed by atoms with Crippen molar-refractivity contribution in [3.8, 4) is 0 Å². The van der Waals surface area contributed by atoms with Crippen LogP contribution in [-0.4, -0.2) is 18.2 Å². The Morgan fingerprint density at radius 3 is 3.05 bits per heavy atom. The predicted molar refractivity (Wildman–Crippen MR) is 89.2 cm³/mol. The van der Waals surface area contributed by atoms with Gasteiger partial charge in [-0.25, -0.2) is 0 Å². The van der Waals surface area contributed by atoms with Crippen LogP contribution in [-0.2, 0) is 6.42 Å². The molecule has 0 amide bonds. The van der Waals surface area contributed by atoms with Crippen LogP contribution >= 0.6 is 11.8 Å². The van der Waals surface area contributed by atoms with Crippen LogP contribution < -0.4 is 10.7 Å². The van der Waals surface area contributed by atoms with E-state index >= 15 is 0 Å². The molecular formula is C16H18N4S. The zero-order valence-electron chi connectivity index (χ0n) is 12.0. The third-order valence-electron chi connectivity index (χ3n) is 3.59. The monoisotopic (exact) mass is 298 g/mol. The summed E-state index contributed by atoms with van der Waals surface area (Å²) in [6, 6.07) is 6.05. The number of rotatable bonds is 4. The molecule has 5 heteroatoms. The van der Waals surface area contributed by atoms with Gasteiger partial charge in [0.25, 0.3) is 0 Å². The molecule has 0 atom stereocenters. The topological polar surface area (TPSA) is 54.5 Å². The first-order chi connectivity index (χ1) is 10.2. The molecule has 0 aliphatic carbocycles. The molecule has 1 aliphatic rings. The Labute approximate surface area is 129 Å². The van der Waals surface area contributed by atoms with Crippen molar-refractivity contribution in [1.29, 1.82) is 0 Å². The molecule has 21 heavy (non-hydrogen) atoms. The third-order valence-corrected chi connectivity index (χ3v) is 4.89. The summed E-state index contributed by atoms with van der Waals surface area (Å²) in [6.07, 6.45) is 5.61. The lowest BCUT2D eigenvalue weighted by molar-refractivity contribution is 0.801. The van der Waals surface area contributed by atoms with Crippen molar-refractivity contribution in [1.82, 2.24) is 4.98 Å². The van der Waals surface area contributed by atoms with E-state index in [1.165, 1.54) is 16.0 Å². The summed E-state index contributed by atoms with van der Waals surface area (Å²) < 4.78 is 0. The Bertz CT molecular complexity index is 684. The van der Waals surface area contributed by atoms with Crippen LogP contribution in [0.25, 0.3) is 0 Å². The van der Waals surface area contributed by atoms with Crippen LogP contribution in [0.1, 0.15) is 24.5 Å². The maximum Gasteiger partial charge on any atom is 0.0641 e. The number of aromatic nitrogens is 1. The number of hydrogen-bond acceptors (Lipinski definition) is 5. The van der Waals surface area contributed by atoms with E-state index in [2.05, 4.69) is 23.7 Å². The van der Waals surface area contributed by atoms with E-state index in [4.69, 9.17) is 5.73 Å². The van der Waals surface area contributed by atoms with Crippen LogP contribution in [0.3, 0.4) is 0 Å². The number of pyridine rings is 1. The van der Waals surface area contributed by atoms with Crippen LogP contribution in [0.2, 0.25) is 0 Å². The number of anilines is 2. The van der Waals surface area contributed by atoms with Gasteiger partial charge in [0.15, 0.2) is 0 Å². The summed E-state index contributed by atoms with van der Waals surface area (Å²) in [5.41, 5.74) is 10.6. The number of nitrogens with two attached hydrogens (primary N) is 1. The molecule has 108 valence electrons. The minimum Gasteiger partial charge on any atom is -0.398 e. The van der Waals surface area contributed by atoms with Gasteiger partial charge in [-0.2, -0.15) is 5.10 Å². The molecule has 0 saturated heterocycles. The van der Waals surface area contributed by atoms with Crippen molar-refractivity contribution in [3.63, 3.8) is 0 Å². The zero-order valence-corrected chi connectivity index (χ0v) is 12.9. The highest BCUT2D eigenvalue weighted by atomic mass is 32.2. The lowest BCUT2D eigenvalue weighted by Gasteiger charge is -2.27. The SMILES string of the molecule is C=NN(CCC)c1ccc(N)c2c1Cc1cnccc1S2. The van der Waals surface area contributed by atoms with Gasteiger partial charge < -0.3 is 5.73 Å². The summed E-state index contributed by atoms with van der Waals surface area (Å²) in [4.78, 5) is 6.60. The number of hydrazone groups is 1. The molecular weight excluding hydrogens is 280 g/mol. The number of nitrogens with zero attached hydrogens (tertiary/aromatic N) is 3. The molecule has 0 spiro atoms. The van der Waals surface area contributed by atoms with Gasteiger partial charge in [-0.05, 0) is 35.7 Å². The van der Waals surface area contributed by atoms with E-state index in [9.17, 15) is 0 Å². The van der Waals surface area contributed by atoms with Gasteiger partial charge in [0, 0.05) is 47.6 Å². The van der Waals surface area contributed by atoms with Gasteiger partial charge in [-0.1, -0.05) is 18.7 Å². The minimum atomic E-state index is 0.821. The van der Waals surface area contributed by atoms with Crippen molar-refractivity contribution in [3.05, 3.63) is 41.7 Å². The van der Waals surface area contributed by atoms with E-state index in [0.717, 1.165) is 35.7 Å². The second kappa shape index (κ2) is 5.77. The molecule has 1 aliphatic heterocycles. The second-order valence-corrected chi connectivity index (χ2v) is 6.06. The van der Waals surface area contributed by atoms with E-state index in [1.807, 2.05) is 35.6 Å². The average Bonchev–Trinajstić information content (AvgIpc) is 2.52. The molecule has 0 saturated carbocycles. The van der Waals surface area contributed by atoms with E-state index in [1.54, 1.807) is 11.8 Å². The van der Waals surface area contributed by atoms with Gasteiger partial charge in [0.1, 0.15) is 0 Å². The lowest BCUT2D eigenvalue weighted by atomic mass is 10.0. The number of benzene rings is 1. The Balaban J connectivity index is 2.09. The van der Waals surface area contributed by atoms with Crippen LogP contribution in [0.15, 0.2) is 45.5 Å². The fourth-order valence-electron chi connectivity index (χ4n) is 2.60. The lowest BCUT2D eigenvalue weighted by Crippen LogP contribution is -2.19. The van der Waals surface area contributed by atoms with Crippen LogP contribution in [0.4, 0.5) is 11.4 Å². The summed E-state index contributed by atoms with van der Waals surface area (Å²) >= 11 is 1.72. The van der Waals surface area contributed by atoms with Gasteiger partial charge in [0.2, 0.25) is 0 Å². The average molecular weight is 298 g/mol. The molecule has 0 unspecified atom stereocenters. The van der Waals surface area contributed by atoms with Gasteiger partial charge in [-0.15, -0.1) is 0 Å². The summed E-state index contributed by atoms with van der Waals surface area (Å²) in [6.45, 7) is 6.68. The zero-order chi connectivity index (χ0) is 14.8. The van der Waals surface area contributed by atoms with Gasteiger partial charge >= 0.3 is 0 Å². The summed E-state index contributed by atoms with van der Waals surface area (Å²) in [7, 11) is 0. The van der Waals surface area contributed by atoms with Crippen molar-refractivity contribution in [2.75, 3.05) is 17.3 Å². The van der Waals surface area contributed by atoms with E-state index < -0.39 is 0 Å². The molecule has 3 rings (SSSR count). The van der Waals surface area contributed by atoms with Crippen LogP contribution in [0.5, 0.6) is 0 Å². The first-order valence-corrected chi connectivity index (χ1v) is 7.82. The highest BCUT2D eigenvalue weighted by Crippen LogP contribution is 2.45. The number of nitrogen functional groups attached to an aromatic ring is 1. The molecule has 2 heterocycles. The van der Waals surface area contributed by atoms with Gasteiger partial charge in [0.05, 0.1) is 5.69 Å². The summed E-state index contributed by atoms with van der Waals surface area (Å²) in [5, 5.41) is 6.12. The van der Waals surface area contributed by atoms with E-state index in [0.29, 0.717) is 0 Å². The normalized spacial score (nSPS) is 12.4. The predicted octanol–water partition coefficient (Wildman–Crippen LogP) is 3.55. The molecule has 1 aromatic carbocycles. The van der Waals surface area contributed by atoms with Gasteiger partial charge in [-0.3, -0.25) is 9.99 Å². The Hall–Kier alpha value is -2.01. The minimum absolute atomic E-state index is 0.821. The van der Waals surface area contributed by atoms with Crippen molar-refractivity contribution in [2.45, 2.75) is 29.6 Å². The first kappa shape index (κ1) is 13.9. The maximum absolute atomic E-state index is 6.18. The van der Waals surface area contributed by atoms with Crippen molar-refractivity contribution >= 4 is 29.9 Å². The molecule has 0 fully saturated rings. The maximum atomic E-state index is 6.18. The highest BCUT2D eigenvalue weighted by molar-refractivity contribution is 7.99. The smallest absolute Gasteiger partial charge is 0.0641 e. The van der Waals surface area contributed by atoms with Crippen molar-refractivity contribution in [2.24, 2.45) is 5.10 Å². The molecule has 0 radical (unpaired) electrons. The molecule has 4 nitrogen and oxygen atoms in total. The molecule has 1 aromatic heterocycles. The summed E-state index contributed by atoms with van der Waals surface area (Å²) in [5.74, 6) is 0. The number of hydrogen-bond donors (Lipinski definition) is 1. The quantitative estimate of drug-likeness (QED) is 0.454. The standard InChI is InChI=1S/C16H18N4S/c1-3-8-20(18-2)14-5-4-13(17)16-12(14)9-11-10-19-7-6-15(11)21-16/h4-7,10H,2-3,8-9,17H2,1H3. The molecule has 2 aromatic rings. The highest BCUT2D eigenvalue weighted by Gasteiger charge is 2.23. The second-order valence-electron chi connectivity index (χ2n) is 5.01. The molecule has 2 N–H and O–H groups in total. The van der Waals surface area contributed by atoms with Crippen molar-refractivity contribution < 1.29 is 0 Å². The van der Waals surface area contributed by atoms with E-state index in [-0.39, 0.29) is 0 Å².